The van der Waals surface area contributed by atoms with Gasteiger partial charge in [-0.1, -0.05) is 71.1 Å². The molecule has 136 valence electrons. The Labute approximate surface area is 141 Å². The maximum Gasteiger partial charge on any atom is 0.321 e. The molecule has 3 N–H and O–H groups in total. The summed E-state index contributed by atoms with van der Waals surface area (Å²) >= 11 is 0. The summed E-state index contributed by atoms with van der Waals surface area (Å²) in [6.07, 6.45) is 11.4. The van der Waals surface area contributed by atoms with Crippen molar-refractivity contribution in [1.29, 1.82) is 0 Å². The van der Waals surface area contributed by atoms with Crippen molar-refractivity contribution in [2.45, 2.75) is 90.1 Å². The standard InChI is InChI=1S/C17H33O5P/c1-2-3-4-5-6-7-8-9-10-11-12-13-16(20)23(22)17(21)15(19)14-18/h15,18-19,21H,2-14H2,1H3. The molecule has 0 aliphatic rings. The van der Waals surface area contributed by atoms with E-state index in [0.717, 1.165) is 19.3 Å². The first-order valence-corrected chi connectivity index (χ1v) is 10.1. The number of aliphatic hydroxyl groups excluding tert-OH is 3. The van der Waals surface area contributed by atoms with Gasteiger partial charge in [0.15, 0.2) is 13.9 Å². The minimum Gasteiger partial charge on any atom is -0.622 e. The summed E-state index contributed by atoms with van der Waals surface area (Å²) in [5.74, 6) is 0. The molecule has 0 saturated carbocycles. The van der Waals surface area contributed by atoms with E-state index in [-0.39, 0.29) is 6.42 Å². The van der Waals surface area contributed by atoms with Crippen LogP contribution in [0, 0.1) is 0 Å². The zero-order valence-corrected chi connectivity index (χ0v) is 15.3. The van der Waals surface area contributed by atoms with Crippen molar-refractivity contribution in [1.82, 2.24) is 0 Å². The third kappa shape index (κ3) is 11.8. The first kappa shape index (κ1) is 22.7. The smallest absolute Gasteiger partial charge is 0.321 e. The molecule has 0 bridgehead atoms. The monoisotopic (exact) mass is 348 g/mol. The lowest BCUT2D eigenvalue weighted by atomic mass is 10.1. The van der Waals surface area contributed by atoms with E-state index in [4.69, 9.17) is 10.2 Å². The highest BCUT2D eigenvalue weighted by Crippen LogP contribution is 2.21. The van der Waals surface area contributed by atoms with Gasteiger partial charge in [0.25, 0.3) is 5.48 Å². The molecule has 0 aromatic rings. The zero-order valence-electron chi connectivity index (χ0n) is 14.4. The van der Waals surface area contributed by atoms with Crippen molar-refractivity contribution in [3.63, 3.8) is 0 Å². The first-order chi connectivity index (χ1) is 11.0. The molecule has 0 heterocycles. The average Bonchev–Trinajstić information content (AvgIpc) is 2.57. The van der Waals surface area contributed by atoms with E-state index >= 15 is 0 Å². The maximum absolute atomic E-state index is 11.6. The van der Waals surface area contributed by atoms with E-state index in [1.54, 1.807) is 0 Å². The molecule has 5 nitrogen and oxygen atoms in total. The molecule has 0 aliphatic carbocycles. The predicted octanol–water partition coefficient (Wildman–Crippen LogP) is 2.83. The van der Waals surface area contributed by atoms with Gasteiger partial charge in [-0.3, -0.25) is 0 Å². The molecule has 0 radical (unpaired) electrons. The van der Waals surface area contributed by atoms with E-state index in [9.17, 15) is 14.8 Å². The van der Waals surface area contributed by atoms with Crippen molar-refractivity contribution in [3.05, 3.63) is 0 Å². The van der Waals surface area contributed by atoms with Crippen LogP contribution in [0.4, 0.5) is 0 Å². The summed E-state index contributed by atoms with van der Waals surface area (Å²) in [4.78, 5) is 23.2. The SMILES string of the molecule is CCCCCCCCCCCCCC(=O)/[P+]([O-])=C(\O)C(O)CO. The van der Waals surface area contributed by atoms with Gasteiger partial charge >= 0.3 is 5.52 Å². The van der Waals surface area contributed by atoms with Gasteiger partial charge in [0.05, 0.1) is 13.0 Å². The average molecular weight is 348 g/mol. The van der Waals surface area contributed by atoms with Crippen molar-refractivity contribution in [2.75, 3.05) is 6.61 Å². The molecule has 0 spiro atoms. The Bertz CT molecular complexity index is 344. The Kier molecular flexibility index (Phi) is 15.0. The maximum atomic E-state index is 11.6. The van der Waals surface area contributed by atoms with Gasteiger partial charge in [0.1, 0.15) is 0 Å². The first-order valence-electron chi connectivity index (χ1n) is 8.89. The van der Waals surface area contributed by atoms with Gasteiger partial charge in [0, 0.05) is 0 Å². The van der Waals surface area contributed by atoms with Gasteiger partial charge in [-0.2, -0.15) is 0 Å². The van der Waals surface area contributed by atoms with Gasteiger partial charge in [0.2, 0.25) is 0 Å². The van der Waals surface area contributed by atoms with Gasteiger partial charge in [-0.15, -0.1) is 0 Å². The minimum atomic E-state index is -2.61. The molecular formula is C17H33O5P. The number of aliphatic hydroxyl groups is 3. The number of carbonyl (C=O) groups is 1. The molecular weight excluding hydrogens is 315 g/mol. The highest BCUT2D eigenvalue weighted by atomic mass is 31.1. The van der Waals surface area contributed by atoms with Crippen LogP contribution in [0.1, 0.15) is 84.0 Å². The van der Waals surface area contributed by atoms with Crippen LogP contribution in [-0.2, 0) is 4.79 Å². The summed E-state index contributed by atoms with van der Waals surface area (Å²) in [6, 6.07) is 0. The van der Waals surface area contributed by atoms with Crippen LogP contribution in [0.15, 0.2) is 0 Å². The summed E-state index contributed by atoms with van der Waals surface area (Å²) < 4.78 is 0. The van der Waals surface area contributed by atoms with Gasteiger partial charge < -0.3 is 20.2 Å². The van der Waals surface area contributed by atoms with Crippen molar-refractivity contribution < 1.29 is 25.0 Å². The Morgan fingerprint density at radius 1 is 0.957 bits per heavy atom. The fourth-order valence-corrected chi connectivity index (χ4v) is 3.36. The van der Waals surface area contributed by atoms with E-state index in [2.05, 4.69) is 6.92 Å². The summed E-state index contributed by atoms with van der Waals surface area (Å²) in [7, 11) is -2.61. The number of unbranched alkanes of at least 4 members (excludes halogenated alkanes) is 10. The van der Waals surface area contributed by atoms with Crippen LogP contribution in [0.3, 0.4) is 0 Å². The molecule has 2 unspecified atom stereocenters. The second kappa shape index (κ2) is 15.2. The summed E-state index contributed by atoms with van der Waals surface area (Å²) in [6.45, 7) is 1.48. The quantitative estimate of drug-likeness (QED) is 0.312. The summed E-state index contributed by atoms with van der Waals surface area (Å²) in [5, 5.41) is 27.1. The molecule has 6 heteroatoms. The number of rotatable bonds is 15. The molecule has 0 aromatic carbocycles. The molecule has 0 rings (SSSR count). The largest absolute Gasteiger partial charge is 0.622 e. The van der Waals surface area contributed by atoms with E-state index in [0.29, 0.717) is 6.42 Å². The van der Waals surface area contributed by atoms with E-state index < -0.39 is 31.5 Å². The van der Waals surface area contributed by atoms with Crippen LogP contribution >= 0.6 is 7.77 Å². The van der Waals surface area contributed by atoms with Crippen molar-refractivity contribution >= 4 is 18.8 Å². The summed E-state index contributed by atoms with van der Waals surface area (Å²) in [5.41, 5.74) is -1.36. The number of hydrogen-bond acceptors (Lipinski definition) is 4. The molecule has 0 aromatic heterocycles. The zero-order chi connectivity index (χ0) is 17.5. The fraction of sp³-hybridized carbons (Fsp3) is 0.882. The molecule has 0 saturated heterocycles. The number of carbonyl (C=O) groups excluding carboxylic acids is 1. The lowest BCUT2D eigenvalue weighted by Crippen LogP contribution is -2.26. The third-order valence-corrected chi connectivity index (χ3v) is 5.29. The number of hydrogen-bond donors (Lipinski definition) is 3. The van der Waals surface area contributed by atoms with Crippen LogP contribution in [-0.4, -0.2) is 39.0 Å². The molecule has 0 aliphatic heterocycles. The van der Waals surface area contributed by atoms with Crippen molar-refractivity contribution in [3.8, 4) is 0 Å². The van der Waals surface area contributed by atoms with Crippen LogP contribution in [0.5, 0.6) is 0 Å². The van der Waals surface area contributed by atoms with Gasteiger partial charge in [-0.25, -0.2) is 4.79 Å². The topological polar surface area (TPSA) is 101 Å². The lowest BCUT2D eigenvalue weighted by Gasteiger charge is -2.05. The molecule has 2 atom stereocenters. The van der Waals surface area contributed by atoms with E-state index in [1.165, 1.54) is 44.9 Å². The predicted molar refractivity (Wildman–Crippen MR) is 93.0 cm³/mol. The van der Waals surface area contributed by atoms with Crippen molar-refractivity contribution in [2.24, 2.45) is 0 Å². The second-order valence-corrected chi connectivity index (χ2v) is 7.58. The Morgan fingerprint density at radius 2 is 1.39 bits per heavy atom. The Morgan fingerprint density at radius 3 is 1.83 bits per heavy atom. The normalized spacial score (nSPS) is 13.8. The highest BCUT2D eigenvalue weighted by molar-refractivity contribution is 7.68. The Hall–Kier alpha value is -0.320. The van der Waals surface area contributed by atoms with E-state index in [1.807, 2.05) is 0 Å². The Balaban J connectivity index is 3.59. The molecule has 23 heavy (non-hydrogen) atoms. The third-order valence-electron chi connectivity index (χ3n) is 3.90. The van der Waals surface area contributed by atoms with Crippen LogP contribution in [0.25, 0.3) is 0 Å². The molecule has 0 amide bonds. The lowest BCUT2D eigenvalue weighted by molar-refractivity contribution is -0.159. The van der Waals surface area contributed by atoms with Crippen LogP contribution < -0.4 is 4.89 Å². The minimum absolute atomic E-state index is 0.147. The van der Waals surface area contributed by atoms with Crippen LogP contribution in [0.2, 0.25) is 0 Å². The highest BCUT2D eigenvalue weighted by Gasteiger charge is 2.23. The second-order valence-electron chi connectivity index (χ2n) is 6.03. The molecule has 0 fully saturated rings. The fourth-order valence-electron chi connectivity index (χ4n) is 2.39. The van der Waals surface area contributed by atoms with Gasteiger partial charge in [-0.05, 0) is 6.42 Å².